The zero-order valence-electron chi connectivity index (χ0n) is 17.0. The lowest BCUT2D eigenvalue weighted by Crippen LogP contribution is -2.51. The van der Waals surface area contributed by atoms with Crippen LogP contribution in [0.4, 0.5) is 0 Å². The lowest BCUT2D eigenvalue weighted by molar-refractivity contribution is -0.141. The first-order valence-electron chi connectivity index (χ1n) is 10.4. The first kappa shape index (κ1) is 19.0. The van der Waals surface area contributed by atoms with Crippen LogP contribution in [0.2, 0.25) is 0 Å². The van der Waals surface area contributed by atoms with Crippen LogP contribution in [0.5, 0.6) is 0 Å². The molecule has 3 heterocycles. The van der Waals surface area contributed by atoms with Crippen molar-refractivity contribution in [2.45, 2.75) is 44.8 Å². The molecule has 0 bridgehead atoms. The van der Waals surface area contributed by atoms with Gasteiger partial charge < -0.3 is 10.0 Å². The average molecular weight is 407 g/mol. The second kappa shape index (κ2) is 6.77. The lowest BCUT2D eigenvalue weighted by Gasteiger charge is -2.39. The van der Waals surface area contributed by atoms with Gasteiger partial charge in [-0.15, -0.1) is 0 Å². The Kier molecular flexibility index (Phi) is 4.28. The molecule has 1 aromatic carbocycles. The van der Waals surface area contributed by atoms with E-state index in [9.17, 15) is 14.7 Å². The van der Waals surface area contributed by atoms with Crippen molar-refractivity contribution in [3.05, 3.63) is 53.2 Å². The molecule has 8 nitrogen and oxygen atoms in total. The maximum Gasteiger partial charge on any atom is 0.264 e. The fourth-order valence-electron chi connectivity index (χ4n) is 4.20. The number of carbonyl (C=O) groups is 1. The van der Waals surface area contributed by atoms with Crippen LogP contribution in [0.15, 0.2) is 47.7 Å². The Morgan fingerprint density at radius 1 is 1.13 bits per heavy atom. The number of carbonyl (C=O) groups excluding carboxylic acids is 1. The summed E-state index contributed by atoms with van der Waals surface area (Å²) < 4.78 is 3.09. The predicted molar refractivity (Wildman–Crippen MR) is 111 cm³/mol. The van der Waals surface area contributed by atoms with E-state index in [2.05, 4.69) is 10.1 Å². The van der Waals surface area contributed by atoms with Gasteiger partial charge in [0.2, 0.25) is 5.91 Å². The highest BCUT2D eigenvalue weighted by molar-refractivity contribution is 5.85. The molecule has 3 aromatic rings. The van der Waals surface area contributed by atoms with Crippen molar-refractivity contribution in [3.8, 4) is 5.69 Å². The van der Waals surface area contributed by atoms with Crippen molar-refractivity contribution >= 4 is 16.9 Å². The molecule has 8 heteroatoms. The number of nitrogens with zero attached hydrogens (tertiary/aromatic N) is 5. The number of benzene rings is 1. The smallest absolute Gasteiger partial charge is 0.264 e. The van der Waals surface area contributed by atoms with E-state index in [1.54, 1.807) is 4.68 Å². The molecule has 5 rings (SSSR count). The zero-order valence-corrected chi connectivity index (χ0v) is 17.0. The Hall–Kier alpha value is -3.00. The highest BCUT2D eigenvalue weighted by Crippen LogP contribution is 2.47. The Morgan fingerprint density at radius 3 is 2.50 bits per heavy atom. The molecule has 0 unspecified atom stereocenters. The molecule has 2 aliphatic rings. The van der Waals surface area contributed by atoms with Crippen molar-refractivity contribution in [1.82, 2.24) is 24.2 Å². The lowest BCUT2D eigenvalue weighted by atomic mass is 9.90. The second-order valence-corrected chi connectivity index (χ2v) is 8.88. The van der Waals surface area contributed by atoms with Gasteiger partial charge >= 0.3 is 0 Å². The molecule has 0 atom stereocenters. The fourth-order valence-corrected chi connectivity index (χ4v) is 4.20. The molecule has 1 N–H and O–H groups in total. The van der Waals surface area contributed by atoms with E-state index < -0.39 is 5.60 Å². The normalized spacial score (nSPS) is 19.7. The molecule has 1 saturated heterocycles. The minimum atomic E-state index is -1.03. The Labute approximate surface area is 173 Å². The largest absolute Gasteiger partial charge is 0.388 e. The van der Waals surface area contributed by atoms with Crippen LogP contribution in [-0.2, 0) is 11.3 Å². The first-order chi connectivity index (χ1) is 14.4. The van der Waals surface area contributed by atoms with Crippen molar-refractivity contribution in [2.75, 3.05) is 13.1 Å². The van der Waals surface area contributed by atoms with Crippen LogP contribution in [0.1, 0.15) is 32.6 Å². The van der Waals surface area contributed by atoms with Gasteiger partial charge in [-0.25, -0.2) is 9.67 Å². The van der Waals surface area contributed by atoms with E-state index in [0.717, 1.165) is 18.5 Å². The predicted octanol–water partition coefficient (Wildman–Crippen LogP) is 1.74. The second-order valence-electron chi connectivity index (χ2n) is 8.88. The summed E-state index contributed by atoms with van der Waals surface area (Å²) in [7, 11) is 0. The van der Waals surface area contributed by atoms with Crippen molar-refractivity contribution < 1.29 is 9.90 Å². The number of hydrogen-bond donors (Lipinski definition) is 1. The SMILES string of the molecule is CC1(C(=O)N2CCC(O)(Cn3cnc4c(cnn4-c4ccccc4)c3=O)CC2)CC1. The monoisotopic (exact) mass is 407 g/mol. The molecule has 0 radical (unpaired) electrons. The molecule has 156 valence electrons. The minimum Gasteiger partial charge on any atom is -0.388 e. The first-order valence-corrected chi connectivity index (χ1v) is 10.4. The van der Waals surface area contributed by atoms with Crippen LogP contribution in [-0.4, -0.2) is 53.9 Å². The molecular weight excluding hydrogens is 382 g/mol. The van der Waals surface area contributed by atoms with Crippen LogP contribution in [0.3, 0.4) is 0 Å². The molecule has 30 heavy (non-hydrogen) atoms. The summed E-state index contributed by atoms with van der Waals surface area (Å²) in [6, 6.07) is 9.53. The molecule has 2 aromatic heterocycles. The van der Waals surface area contributed by atoms with Crippen LogP contribution in [0.25, 0.3) is 16.7 Å². The Balaban J connectivity index is 1.35. The highest BCUT2D eigenvalue weighted by atomic mass is 16.3. The number of aliphatic hydroxyl groups is 1. The van der Waals surface area contributed by atoms with Gasteiger partial charge in [-0.3, -0.25) is 14.2 Å². The Bertz CT molecular complexity index is 1150. The quantitative estimate of drug-likeness (QED) is 0.711. The van der Waals surface area contributed by atoms with Crippen molar-refractivity contribution in [1.29, 1.82) is 0 Å². The van der Waals surface area contributed by atoms with Crippen molar-refractivity contribution in [2.24, 2.45) is 5.41 Å². The third-order valence-electron chi connectivity index (χ3n) is 6.52. The summed E-state index contributed by atoms with van der Waals surface area (Å²) in [5.74, 6) is 0.193. The summed E-state index contributed by atoms with van der Waals surface area (Å²) >= 11 is 0. The summed E-state index contributed by atoms with van der Waals surface area (Å²) in [6.45, 7) is 3.19. The van der Waals surface area contributed by atoms with E-state index in [1.165, 1.54) is 17.1 Å². The average Bonchev–Trinajstić information content (AvgIpc) is 3.35. The number of piperidine rings is 1. The van der Waals surface area contributed by atoms with E-state index >= 15 is 0 Å². The van der Waals surface area contributed by atoms with Gasteiger partial charge in [-0.1, -0.05) is 25.1 Å². The molecule has 1 amide bonds. The standard InChI is InChI=1S/C22H25N5O3/c1-21(7-8-21)20(29)25-11-9-22(30,10-12-25)14-26-15-23-18-17(19(26)28)13-24-27(18)16-5-3-2-4-6-16/h2-6,13,15,30H,7-12,14H2,1H3. The number of hydrogen-bond acceptors (Lipinski definition) is 5. The van der Waals surface area contributed by atoms with E-state index in [1.807, 2.05) is 42.2 Å². The van der Waals surface area contributed by atoms with Crippen LogP contribution >= 0.6 is 0 Å². The molecular formula is C22H25N5O3. The van der Waals surface area contributed by atoms with Crippen LogP contribution in [0, 0.1) is 5.41 Å². The molecule has 2 fully saturated rings. The molecule has 0 spiro atoms. The number of amides is 1. The fraction of sp³-hybridized carbons (Fsp3) is 0.455. The van der Waals surface area contributed by atoms with Crippen molar-refractivity contribution in [3.63, 3.8) is 0 Å². The van der Waals surface area contributed by atoms with Crippen LogP contribution < -0.4 is 5.56 Å². The summed E-state index contributed by atoms with van der Waals surface area (Å²) in [6.07, 6.45) is 5.79. The third kappa shape index (κ3) is 3.21. The topological polar surface area (TPSA) is 93.2 Å². The summed E-state index contributed by atoms with van der Waals surface area (Å²) in [5.41, 5.74) is -0.125. The number of para-hydroxylation sites is 1. The van der Waals surface area contributed by atoms with Gasteiger partial charge in [-0.2, -0.15) is 5.10 Å². The van der Waals surface area contributed by atoms with E-state index in [4.69, 9.17) is 0 Å². The number of aromatic nitrogens is 4. The Morgan fingerprint density at radius 2 is 1.83 bits per heavy atom. The maximum atomic E-state index is 13.0. The molecule has 1 aliphatic heterocycles. The summed E-state index contributed by atoms with van der Waals surface area (Å²) in [4.78, 5) is 31.8. The van der Waals surface area contributed by atoms with E-state index in [0.29, 0.717) is 37.0 Å². The number of fused-ring (bicyclic) bond motifs is 1. The minimum absolute atomic E-state index is 0.157. The van der Waals surface area contributed by atoms with E-state index in [-0.39, 0.29) is 23.4 Å². The van der Waals surface area contributed by atoms with Gasteiger partial charge in [0.05, 0.1) is 24.0 Å². The number of rotatable bonds is 4. The summed E-state index contributed by atoms with van der Waals surface area (Å²) in [5, 5.41) is 15.8. The molecule has 1 aliphatic carbocycles. The van der Waals surface area contributed by atoms with Gasteiger partial charge in [0.1, 0.15) is 11.7 Å². The zero-order chi connectivity index (χ0) is 20.9. The van der Waals surface area contributed by atoms with Gasteiger partial charge in [-0.05, 0) is 37.8 Å². The highest BCUT2D eigenvalue weighted by Gasteiger charge is 2.48. The van der Waals surface area contributed by atoms with Gasteiger partial charge in [0.15, 0.2) is 5.65 Å². The van der Waals surface area contributed by atoms with Gasteiger partial charge in [0.25, 0.3) is 5.56 Å². The molecule has 1 saturated carbocycles. The number of likely N-dealkylation sites (tertiary alicyclic amines) is 1. The maximum absolute atomic E-state index is 13.0. The van der Waals surface area contributed by atoms with Gasteiger partial charge in [0, 0.05) is 18.5 Å². The third-order valence-corrected chi connectivity index (χ3v) is 6.52.